The average molecular weight is 218 g/mol. The molecular weight excluding hydrogens is 208 g/mol. The maximum Gasteiger partial charge on any atom is 0.127 e. The van der Waals surface area contributed by atoms with Crippen molar-refractivity contribution < 1.29 is 4.74 Å². The summed E-state index contributed by atoms with van der Waals surface area (Å²) in [7, 11) is 1.63. The molecular formula is C13H10ClO. The second kappa shape index (κ2) is 4.37. The lowest BCUT2D eigenvalue weighted by Gasteiger charge is -2.05. The SMILES string of the molecule is COc1[c]ccc(-c2ccccc2Cl)c1. The summed E-state index contributed by atoms with van der Waals surface area (Å²) in [6.07, 6.45) is 0. The highest BCUT2D eigenvalue weighted by molar-refractivity contribution is 6.33. The number of methoxy groups -OCH3 is 1. The Morgan fingerprint density at radius 3 is 2.73 bits per heavy atom. The van der Waals surface area contributed by atoms with Crippen LogP contribution in [0.5, 0.6) is 5.75 Å². The molecule has 2 aromatic carbocycles. The van der Waals surface area contributed by atoms with Crippen LogP contribution in [-0.2, 0) is 0 Å². The summed E-state index contributed by atoms with van der Waals surface area (Å²) in [6, 6.07) is 16.4. The Morgan fingerprint density at radius 2 is 2.00 bits per heavy atom. The first kappa shape index (κ1) is 10.1. The van der Waals surface area contributed by atoms with Crippen molar-refractivity contribution in [1.82, 2.24) is 0 Å². The van der Waals surface area contributed by atoms with Gasteiger partial charge in [0.25, 0.3) is 0 Å². The van der Waals surface area contributed by atoms with Crippen molar-refractivity contribution in [2.45, 2.75) is 0 Å². The van der Waals surface area contributed by atoms with Crippen LogP contribution in [0, 0.1) is 6.07 Å². The van der Waals surface area contributed by atoms with Gasteiger partial charge in [0.1, 0.15) is 5.75 Å². The molecule has 0 N–H and O–H groups in total. The zero-order valence-corrected chi connectivity index (χ0v) is 9.08. The van der Waals surface area contributed by atoms with Gasteiger partial charge in [-0.2, -0.15) is 0 Å². The van der Waals surface area contributed by atoms with Gasteiger partial charge < -0.3 is 4.74 Å². The van der Waals surface area contributed by atoms with E-state index >= 15 is 0 Å². The fraction of sp³-hybridized carbons (Fsp3) is 0.0769. The van der Waals surface area contributed by atoms with Gasteiger partial charge in [-0.1, -0.05) is 35.9 Å². The Kier molecular flexibility index (Phi) is 2.93. The van der Waals surface area contributed by atoms with Crippen LogP contribution in [0.1, 0.15) is 0 Å². The van der Waals surface area contributed by atoms with Crippen LogP contribution < -0.4 is 4.74 Å². The summed E-state index contributed by atoms with van der Waals surface area (Å²) in [5.41, 5.74) is 2.04. The molecule has 0 aliphatic rings. The molecule has 1 radical (unpaired) electrons. The van der Waals surface area contributed by atoms with E-state index < -0.39 is 0 Å². The Morgan fingerprint density at radius 1 is 1.20 bits per heavy atom. The van der Waals surface area contributed by atoms with Gasteiger partial charge in [-0.05, 0) is 23.8 Å². The highest BCUT2D eigenvalue weighted by atomic mass is 35.5. The lowest BCUT2D eigenvalue weighted by atomic mass is 10.1. The predicted octanol–water partition coefficient (Wildman–Crippen LogP) is 3.82. The van der Waals surface area contributed by atoms with Gasteiger partial charge in [0.15, 0.2) is 0 Å². The summed E-state index contributed by atoms with van der Waals surface area (Å²) in [5.74, 6) is 0.715. The monoisotopic (exact) mass is 217 g/mol. The third-order valence-electron chi connectivity index (χ3n) is 2.18. The number of rotatable bonds is 2. The Hall–Kier alpha value is -1.47. The van der Waals surface area contributed by atoms with Crippen molar-refractivity contribution in [3.63, 3.8) is 0 Å². The molecule has 0 atom stereocenters. The van der Waals surface area contributed by atoms with Crippen molar-refractivity contribution in [3.8, 4) is 16.9 Å². The number of ether oxygens (including phenoxy) is 1. The fourth-order valence-corrected chi connectivity index (χ4v) is 1.67. The second-order valence-corrected chi connectivity index (χ2v) is 3.53. The maximum atomic E-state index is 6.10. The van der Waals surface area contributed by atoms with Crippen LogP contribution in [0.15, 0.2) is 42.5 Å². The molecule has 2 aromatic rings. The molecule has 0 saturated carbocycles. The molecule has 0 aliphatic heterocycles. The number of hydrogen-bond donors (Lipinski definition) is 0. The van der Waals surface area contributed by atoms with E-state index in [1.54, 1.807) is 7.11 Å². The summed E-state index contributed by atoms with van der Waals surface area (Å²) in [4.78, 5) is 0. The lowest BCUT2D eigenvalue weighted by Crippen LogP contribution is -1.84. The van der Waals surface area contributed by atoms with Gasteiger partial charge in [-0.25, -0.2) is 0 Å². The molecule has 0 spiro atoms. The van der Waals surface area contributed by atoms with E-state index in [0.717, 1.165) is 16.1 Å². The van der Waals surface area contributed by atoms with E-state index in [9.17, 15) is 0 Å². The molecule has 0 aliphatic carbocycles. The zero-order valence-electron chi connectivity index (χ0n) is 8.33. The summed E-state index contributed by atoms with van der Waals surface area (Å²) in [6.45, 7) is 0. The summed E-state index contributed by atoms with van der Waals surface area (Å²) in [5, 5.41) is 0.741. The molecule has 0 heterocycles. The van der Waals surface area contributed by atoms with Gasteiger partial charge in [0, 0.05) is 16.7 Å². The fourth-order valence-electron chi connectivity index (χ4n) is 1.43. The first-order chi connectivity index (χ1) is 7.31. The Labute approximate surface area is 94.3 Å². The molecule has 0 bridgehead atoms. The van der Waals surface area contributed by atoms with Crippen LogP contribution in [0.2, 0.25) is 5.02 Å². The van der Waals surface area contributed by atoms with Crippen LogP contribution in [-0.4, -0.2) is 7.11 Å². The minimum atomic E-state index is 0.715. The van der Waals surface area contributed by atoms with Crippen molar-refractivity contribution in [2.75, 3.05) is 7.11 Å². The van der Waals surface area contributed by atoms with E-state index in [-0.39, 0.29) is 0 Å². The van der Waals surface area contributed by atoms with Crippen LogP contribution >= 0.6 is 11.6 Å². The summed E-state index contributed by atoms with van der Waals surface area (Å²) < 4.78 is 5.12. The molecule has 0 amide bonds. The predicted molar refractivity (Wildman–Crippen MR) is 62.3 cm³/mol. The smallest absolute Gasteiger partial charge is 0.127 e. The molecule has 1 nitrogen and oxygen atoms in total. The first-order valence-corrected chi connectivity index (χ1v) is 4.99. The third-order valence-corrected chi connectivity index (χ3v) is 2.51. The molecule has 2 rings (SSSR count). The molecule has 0 saturated heterocycles. The van der Waals surface area contributed by atoms with Gasteiger partial charge >= 0.3 is 0 Å². The minimum absolute atomic E-state index is 0.715. The number of hydrogen-bond acceptors (Lipinski definition) is 1. The van der Waals surface area contributed by atoms with Crippen LogP contribution in [0.3, 0.4) is 0 Å². The van der Waals surface area contributed by atoms with Gasteiger partial charge in [-0.3, -0.25) is 0 Å². The number of halogens is 1. The van der Waals surface area contributed by atoms with Crippen LogP contribution in [0.25, 0.3) is 11.1 Å². The quantitative estimate of drug-likeness (QED) is 0.743. The second-order valence-electron chi connectivity index (χ2n) is 3.13. The first-order valence-electron chi connectivity index (χ1n) is 4.62. The average Bonchev–Trinajstić information content (AvgIpc) is 2.30. The Bertz CT molecular complexity index is 466. The normalized spacial score (nSPS) is 10.0. The molecule has 2 heteroatoms. The van der Waals surface area contributed by atoms with Crippen molar-refractivity contribution in [2.24, 2.45) is 0 Å². The van der Waals surface area contributed by atoms with E-state index in [1.165, 1.54) is 0 Å². The van der Waals surface area contributed by atoms with Crippen molar-refractivity contribution >= 4 is 11.6 Å². The standard InChI is InChI=1S/C13H10ClO/c1-15-11-6-4-5-10(9-11)12-7-2-3-8-13(12)14/h2-5,7-9H,1H3. The highest BCUT2D eigenvalue weighted by Crippen LogP contribution is 2.29. The van der Waals surface area contributed by atoms with Gasteiger partial charge in [0.05, 0.1) is 7.11 Å². The third kappa shape index (κ3) is 2.13. The maximum absolute atomic E-state index is 6.10. The largest absolute Gasteiger partial charge is 0.496 e. The van der Waals surface area contributed by atoms with E-state index in [4.69, 9.17) is 16.3 Å². The highest BCUT2D eigenvalue weighted by Gasteiger charge is 2.03. The molecule has 75 valence electrons. The Balaban J connectivity index is 2.49. The topological polar surface area (TPSA) is 9.23 Å². The molecule has 0 unspecified atom stereocenters. The van der Waals surface area contributed by atoms with Crippen molar-refractivity contribution in [3.05, 3.63) is 53.6 Å². The van der Waals surface area contributed by atoms with E-state index in [2.05, 4.69) is 6.07 Å². The molecule has 15 heavy (non-hydrogen) atoms. The van der Waals surface area contributed by atoms with E-state index in [1.807, 2.05) is 42.5 Å². The van der Waals surface area contributed by atoms with E-state index in [0.29, 0.717) is 5.75 Å². The van der Waals surface area contributed by atoms with Gasteiger partial charge in [-0.15, -0.1) is 0 Å². The minimum Gasteiger partial charge on any atom is -0.496 e. The zero-order chi connectivity index (χ0) is 10.7. The summed E-state index contributed by atoms with van der Waals surface area (Å²) >= 11 is 6.10. The molecule has 0 fully saturated rings. The van der Waals surface area contributed by atoms with Crippen molar-refractivity contribution in [1.29, 1.82) is 0 Å². The van der Waals surface area contributed by atoms with Gasteiger partial charge in [0.2, 0.25) is 0 Å². The molecule has 0 aromatic heterocycles. The number of benzene rings is 2. The van der Waals surface area contributed by atoms with Crippen LogP contribution in [0.4, 0.5) is 0 Å². The lowest BCUT2D eigenvalue weighted by molar-refractivity contribution is 0.414.